The van der Waals surface area contributed by atoms with Gasteiger partial charge in [-0.25, -0.2) is 9.78 Å². The number of rotatable bonds is 7. The standard InChI is InChI=1S/C16H22N2O3/c1-4-11(2)15-17-13-10-12(16(19)20)6-7-14(13)18(15)8-5-9-21-3/h6-7,10-11H,4-5,8-9H2,1-3H3,(H,19,20). The summed E-state index contributed by atoms with van der Waals surface area (Å²) in [6, 6.07) is 5.14. The monoisotopic (exact) mass is 290 g/mol. The maximum atomic E-state index is 11.1. The van der Waals surface area contributed by atoms with Crippen LogP contribution in [0, 0.1) is 0 Å². The van der Waals surface area contributed by atoms with Crippen LogP contribution in [0.15, 0.2) is 18.2 Å². The second-order valence-electron chi connectivity index (χ2n) is 5.29. The van der Waals surface area contributed by atoms with Gasteiger partial charge < -0.3 is 14.4 Å². The van der Waals surface area contributed by atoms with Crippen molar-refractivity contribution < 1.29 is 14.6 Å². The van der Waals surface area contributed by atoms with E-state index >= 15 is 0 Å². The molecule has 1 aromatic heterocycles. The lowest BCUT2D eigenvalue weighted by molar-refractivity contribution is 0.0697. The van der Waals surface area contributed by atoms with E-state index in [0.717, 1.165) is 36.2 Å². The van der Waals surface area contributed by atoms with Crippen LogP contribution in [0.3, 0.4) is 0 Å². The summed E-state index contributed by atoms with van der Waals surface area (Å²) >= 11 is 0. The van der Waals surface area contributed by atoms with E-state index in [1.807, 2.05) is 6.07 Å². The number of fused-ring (bicyclic) bond motifs is 1. The van der Waals surface area contributed by atoms with Crippen molar-refractivity contribution in [2.45, 2.75) is 39.2 Å². The molecule has 21 heavy (non-hydrogen) atoms. The molecule has 0 aliphatic rings. The molecule has 0 bridgehead atoms. The van der Waals surface area contributed by atoms with Crippen molar-refractivity contribution in [3.05, 3.63) is 29.6 Å². The average molecular weight is 290 g/mol. The normalized spacial score (nSPS) is 12.7. The van der Waals surface area contributed by atoms with Crippen molar-refractivity contribution in [2.75, 3.05) is 13.7 Å². The smallest absolute Gasteiger partial charge is 0.335 e. The zero-order valence-corrected chi connectivity index (χ0v) is 12.8. The fourth-order valence-corrected chi connectivity index (χ4v) is 2.44. The van der Waals surface area contributed by atoms with E-state index < -0.39 is 5.97 Å². The summed E-state index contributed by atoms with van der Waals surface area (Å²) in [6.07, 6.45) is 1.91. The van der Waals surface area contributed by atoms with E-state index in [4.69, 9.17) is 9.84 Å². The summed E-state index contributed by atoms with van der Waals surface area (Å²) in [4.78, 5) is 15.8. The molecule has 0 saturated heterocycles. The van der Waals surface area contributed by atoms with Gasteiger partial charge in [0.05, 0.1) is 16.6 Å². The first-order valence-corrected chi connectivity index (χ1v) is 7.30. The molecule has 1 atom stereocenters. The second kappa shape index (κ2) is 6.72. The molecule has 2 rings (SSSR count). The van der Waals surface area contributed by atoms with Gasteiger partial charge in [-0.2, -0.15) is 0 Å². The first kappa shape index (κ1) is 15.5. The zero-order valence-electron chi connectivity index (χ0n) is 12.8. The minimum Gasteiger partial charge on any atom is -0.478 e. The number of ether oxygens (including phenoxy) is 1. The van der Waals surface area contributed by atoms with E-state index in [1.54, 1.807) is 19.2 Å². The number of imidazole rings is 1. The summed E-state index contributed by atoms with van der Waals surface area (Å²) in [5, 5.41) is 9.10. The third-order valence-corrected chi connectivity index (χ3v) is 3.81. The fraction of sp³-hybridized carbons (Fsp3) is 0.500. The Morgan fingerprint density at radius 3 is 2.86 bits per heavy atom. The molecular formula is C16H22N2O3. The van der Waals surface area contributed by atoms with Crippen LogP contribution in [0.25, 0.3) is 11.0 Å². The Morgan fingerprint density at radius 2 is 2.24 bits per heavy atom. The predicted molar refractivity (Wildman–Crippen MR) is 81.9 cm³/mol. The SMILES string of the molecule is CCC(C)c1nc2cc(C(=O)O)ccc2n1CCCOC. The van der Waals surface area contributed by atoms with Crippen LogP contribution in [-0.2, 0) is 11.3 Å². The van der Waals surface area contributed by atoms with Crippen molar-refractivity contribution in [1.82, 2.24) is 9.55 Å². The van der Waals surface area contributed by atoms with Crippen LogP contribution in [-0.4, -0.2) is 34.3 Å². The van der Waals surface area contributed by atoms with E-state index in [1.165, 1.54) is 0 Å². The van der Waals surface area contributed by atoms with Gasteiger partial charge in [-0.15, -0.1) is 0 Å². The molecule has 1 unspecified atom stereocenters. The lowest BCUT2D eigenvalue weighted by Crippen LogP contribution is -2.08. The number of aryl methyl sites for hydroxylation is 1. The lowest BCUT2D eigenvalue weighted by Gasteiger charge is -2.13. The van der Waals surface area contributed by atoms with Crippen LogP contribution >= 0.6 is 0 Å². The molecule has 5 heteroatoms. The zero-order chi connectivity index (χ0) is 15.4. The van der Waals surface area contributed by atoms with Crippen molar-refractivity contribution >= 4 is 17.0 Å². The van der Waals surface area contributed by atoms with E-state index in [2.05, 4.69) is 23.4 Å². The maximum absolute atomic E-state index is 11.1. The van der Waals surface area contributed by atoms with E-state index in [-0.39, 0.29) is 5.56 Å². The Balaban J connectivity index is 2.47. The molecule has 0 aliphatic heterocycles. The van der Waals surface area contributed by atoms with Gasteiger partial charge in [0.1, 0.15) is 5.82 Å². The van der Waals surface area contributed by atoms with Gasteiger partial charge in [0.25, 0.3) is 0 Å². The van der Waals surface area contributed by atoms with Gasteiger partial charge in [0, 0.05) is 26.2 Å². The molecule has 2 aromatic rings. The largest absolute Gasteiger partial charge is 0.478 e. The molecule has 1 aromatic carbocycles. The molecule has 0 radical (unpaired) electrons. The summed E-state index contributed by atoms with van der Waals surface area (Å²) in [5.41, 5.74) is 2.02. The Morgan fingerprint density at radius 1 is 1.48 bits per heavy atom. The molecule has 0 spiro atoms. The lowest BCUT2D eigenvalue weighted by atomic mass is 10.1. The number of carboxylic acid groups (broad SMARTS) is 1. The number of aromatic carboxylic acids is 1. The quantitative estimate of drug-likeness (QED) is 0.795. The van der Waals surface area contributed by atoms with Crippen LogP contribution < -0.4 is 0 Å². The Bertz CT molecular complexity index is 634. The molecule has 1 N–H and O–H groups in total. The van der Waals surface area contributed by atoms with Crippen LogP contribution in [0.2, 0.25) is 0 Å². The molecule has 5 nitrogen and oxygen atoms in total. The minimum absolute atomic E-state index is 0.278. The highest BCUT2D eigenvalue weighted by molar-refractivity contribution is 5.92. The van der Waals surface area contributed by atoms with Crippen LogP contribution in [0.1, 0.15) is 48.8 Å². The van der Waals surface area contributed by atoms with Gasteiger partial charge >= 0.3 is 5.97 Å². The fourth-order valence-electron chi connectivity index (χ4n) is 2.44. The van der Waals surface area contributed by atoms with Crippen molar-refractivity contribution in [3.8, 4) is 0 Å². The highest BCUT2D eigenvalue weighted by Crippen LogP contribution is 2.25. The number of benzene rings is 1. The second-order valence-corrected chi connectivity index (χ2v) is 5.29. The summed E-state index contributed by atoms with van der Waals surface area (Å²) in [7, 11) is 1.70. The molecule has 1 heterocycles. The molecule has 114 valence electrons. The molecule has 0 saturated carbocycles. The number of nitrogens with zero attached hydrogens (tertiary/aromatic N) is 2. The van der Waals surface area contributed by atoms with Crippen molar-refractivity contribution in [3.63, 3.8) is 0 Å². The molecule has 0 fully saturated rings. The van der Waals surface area contributed by atoms with Gasteiger partial charge in [-0.3, -0.25) is 0 Å². The number of aromatic nitrogens is 2. The number of hydrogen-bond acceptors (Lipinski definition) is 3. The summed E-state index contributed by atoms with van der Waals surface area (Å²) < 4.78 is 7.31. The van der Waals surface area contributed by atoms with Gasteiger partial charge in [0.15, 0.2) is 0 Å². The highest BCUT2D eigenvalue weighted by atomic mass is 16.5. The van der Waals surface area contributed by atoms with Crippen LogP contribution in [0.4, 0.5) is 0 Å². The molecule has 0 aliphatic carbocycles. The Hall–Kier alpha value is -1.88. The van der Waals surface area contributed by atoms with Gasteiger partial charge in [-0.1, -0.05) is 13.8 Å². The van der Waals surface area contributed by atoms with E-state index in [0.29, 0.717) is 12.5 Å². The minimum atomic E-state index is -0.920. The third kappa shape index (κ3) is 3.24. The van der Waals surface area contributed by atoms with Crippen molar-refractivity contribution in [1.29, 1.82) is 0 Å². The summed E-state index contributed by atoms with van der Waals surface area (Å²) in [6.45, 7) is 5.81. The topological polar surface area (TPSA) is 64.3 Å². The van der Waals surface area contributed by atoms with Gasteiger partial charge in [0.2, 0.25) is 0 Å². The highest BCUT2D eigenvalue weighted by Gasteiger charge is 2.16. The van der Waals surface area contributed by atoms with E-state index in [9.17, 15) is 4.79 Å². The number of carbonyl (C=O) groups is 1. The number of hydrogen-bond donors (Lipinski definition) is 1. The Labute approximate surface area is 124 Å². The number of carboxylic acids is 1. The Kier molecular flexibility index (Phi) is 4.96. The third-order valence-electron chi connectivity index (χ3n) is 3.81. The molecular weight excluding hydrogens is 268 g/mol. The van der Waals surface area contributed by atoms with Crippen molar-refractivity contribution in [2.24, 2.45) is 0 Å². The van der Waals surface area contributed by atoms with Gasteiger partial charge in [-0.05, 0) is 31.0 Å². The maximum Gasteiger partial charge on any atom is 0.335 e. The first-order chi connectivity index (χ1) is 10.1. The molecule has 0 amide bonds. The van der Waals surface area contributed by atoms with Crippen LogP contribution in [0.5, 0.6) is 0 Å². The average Bonchev–Trinajstić information content (AvgIpc) is 2.84. The summed E-state index contributed by atoms with van der Waals surface area (Å²) in [5.74, 6) is 0.440. The first-order valence-electron chi connectivity index (χ1n) is 7.30. The number of methoxy groups -OCH3 is 1. The predicted octanol–water partition coefficient (Wildman–Crippen LogP) is 3.28.